The molecule has 2 aromatic rings. The Morgan fingerprint density at radius 1 is 1.52 bits per heavy atom. The molecule has 1 fully saturated rings. The SMILES string of the molecule is Cc1nccn1-c1c(F)cccc1N1CC(CO)OC1=O. The highest BCUT2D eigenvalue weighted by Gasteiger charge is 2.34. The summed E-state index contributed by atoms with van der Waals surface area (Å²) < 4.78 is 20.9. The zero-order valence-electron chi connectivity index (χ0n) is 11.4. The highest BCUT2D eigenvalue weighted by atomic mass is 19.1. The summed E-state index contributed by atoms with van der Waals surface area (Å²) in [4.78, 5) is 17.3. The predicted octanol–water partition coefficient (Wildman–Crippen LogP) is 1.64. The number of halogens is 1. The summed E-state index contributed by atoms with van der Waals surface area (Å²) >= 11 is 0. The van der Waals surface area contributed by atoms with Crippen molar-refractivity contribution in [3.8, 4) is 5.69 Å². The normalized spacial score (nSPS) is 18.1. The second-order valence-electron chi connectivity index (χ2n) is 4.75. The van der Waals surface area contributed by atoms with Crippen LogP contribution in [-0.4, -0.2) is 40.0 Å². The highest BCUT2D eigenvalue weighted by molar-refractivity contribution is 5.92. The van der Waals surface area contributed by atoms with Crippen molar-refractivity contribution in [1.29, 1.82) is 0 Å². The molecule has 0 bridgehead atoms. The Kier molecular flexibility index (Phi) is 3.34. The second-order valence-corrected chi connectivity index (χ2v) is 4.75. The number of aliphatic hydroxyl groups excluding tert-OH is 1. The first-order valence-electron chi connectivity index (χ1n) is 6.49. The zero-order chi connectivity index (χ0) is 15.0. The molecular formula is C14H14FN3O3. The lowest BCUT2D eigenvalue weighted by molar-refractivity contribution is 0.0963. The number of para-hydroxylation sites is 1. The van der Waals surface area contributed by atoms with Crippen molar-refractivity contribution in [3.63, 3.8) is 0 Å². The van der Waals surface area contributed by atoms with E-state index in [-0.39, 0.29) is 18.8 Å². The molecule has 1 unspecified atom stereocenters. The maximum absolute atomic E-state index is 14.3. The van der Waals surface area contributed by atoms with E-state index in [0.29, 0.717) is 11.5 Å². The highest BCUT2D eigenvalue weighted by Crippen LogP contribution is 2.31. The van der Waals surface area contributed by atoms with Crippen LogP contribution in [0.15, 0.2) is 30.6 Å². The lowest BCUT2D eigenvalue weighted by atomic mass is 10.2. The molecule has 0 radical (unpaired) electrons. The molecule has 7 heteroatoms. The van der Waals surface area contributed by atoms with E-state index in [1.165, 1.54) is 17.0 Å². The molecule has 1 amide bonds. The van der Waals surface area contributed by atoms with Gasteiger partial charge >= 0.3 is 6.09 Å². The number of hydrogen-bond donors (Lipinski definition) is 1. The molecule has 3 rings (SSSR count). The van der Waals surface area contributed by atoms with E-state index in [4.69, 9.17) is 9.84 Å². The maximum atomic E-state index is 14.3. The van der Waals surface area contributed by atoms with Crippen molar-refractivity contribution < 1.29 is 19.0 Å². The summed E-state index contributed by atoms with van der Waals surface area (Å²) in [6.45, 7) is 1.66. The first-order valence-corrected chi connectivity index (χ1v) is 6.49. The van der Waals surface area contributed by atoms with Crippen molar-refractivity contribution in [1.82, 2.24) is 9.55 Å². The Balaban J connectivity index is 2.10. The van der Waals surface area contributed by atoms with Gasteiger partial charge in [-0.3, -0.25) is 9.47 Å². The molecule has 1 aromatic carbocycles. The van der Waals surface area contributed by atoms with E-state index < -0.39 is 18.0 Å². The van der Waals surface area contributed by atoms with Crippen LogP contribution in [0.25, 0.3) is 5.69 Å². The van der Waals surface area contributed by atoms with Crippen LogP contribution in [0.1, 0.15) is 5.82 Å². The van der Waals surface area contributed by atoms with Gasteiger partial charge in [-0.1, -0.05) is 6.07 Å². The van der Waals surface area contributed by atoms with Crippen molar-refractivity contribution in [2.24, 2.45) is 0 Å². The molecule has 1 aliphatic heterocycles. The Morgan fingerprint density at radius 2 is 2.33 bits per heavy atom. The van der Waals surface area contributed by atoms with Gasteiger partial charge in [0.15, 0.2) is 0 Å². The molecule has 21 heavy (non-hydrogen) atoms. The molecule has 0 saturated carbocycles. The van der Waals surface area contributed by atoms with E-state index >= 15 is 0 Å². The summed E-state index contributed by atoms with van der Waals surface area (Å²) in [7, 11) is 0. The van der Waals surface area contributed by atoms with Crippen LogP contribution in [0.2, 0.25) is 0 Å². The Hall–Kier alpha value is -2.41. The van der Waals surface area contributed by atoms with Gasteiger partial charge in [-0.2, -0.15) is 0 Å². The van der Waals surface area contributed by atoms with Crippen molar-refractivity contribution in [2.45, 2.75) is 13.0 Å². The number of aryl methyl sites for hydroxylation is 1. The molecule has 0 aliphatic carbocycles. The number of hydrogen-bond acceptors (Lipinski definition) is 4. The number of carbonyl (C=O) groups is 1. The van der Waals surface area contributed by atoms with Gasteiger partial charge in [0.25, 0.3) is 0 Å². The van der Waals surface area contributed by atoms with E-state index in [0.717, 1.165) is 0 Å². The molecule has 110 valence electrons. The van der Waals surface area contributed by atoms with Gasteiger partial charge < -0.3 is 9.84 Å². The van der Waals surface area contributed by atoms with E-state index in [1.54, 1.807) is 30.0 Å². The minimum Gasteiger partial charge on any atom is -0.441 e. The summed E-state index contributed by atoms with van der Waals surface area (Å²) in [5, 5.41) is 9.11. The first-order chi connectivity index (χ1) is 10.1. The molecule has 1 N–H and O–H groups in total. The maximum Gasteiger partial charge on any atom is 0.414 e. The number of cyclic esters (lactones) is 1. The van der Waals surface area contributed by atoms with Gasteiger partial charge in [0.2, 0.25) is 0 Å². The minimum atomic E-state index is -0.600. The van der Waals surface area contributed by atoms with Gasteiger partial charge in [-0.25, -0.2) is 14.2 Å². The Labute approximate surface area is 120 Å². The molecule has 1 aromatic heterocycles. The summed E-state index contributed by atoms with van der Waals surface area (Å²) in [5.74, 6) is 0.140. The number of amides is 1. The monoisotopic (exact) mass is 291 g/mol. The third kappa shape index (κ3) is 2.25. The van der Waals surface area contributed by atoms with Gasteiger partial charge in [-0.15, -0.1) is 0 Å². The molecule has 0 spiro atoms. The number of aromatic nitrogens is 2. The molecule has 6 nitrogen and oxygen atoms in total. The average molecular weight is 291 g/mol. The summed E-state index contributed by atoms with van der Waals surface area (Å²) in [5.41, 5.74) is 0.625. The molecule has 1 aliphatic rings. The lowest BCUT2D eigenvalue weighted by Crippen LogP contribution is -2.27. The number of rotatable bonds is 3. The largest absolute Gasteiger partial charge is 0.441 e. The number of nitrogens with zero attached hydrogens (tertiary/aromatic N) is 3. The van der Waals surface area contributed by atoms with Crippen molar-refractivity contribution in [3.05, 3.63) is 42.2 Å². The second kappa shape index (κ2) is 5.17. The van der Waals surface area contributed by atoms with Crippen LogP contribution in [0.4, 0.5) is 14.9 Å². The van der Waals surface area contributed by atoms with E-state index in [2.05, 4.69) is 4.98 Å². The van der Waals surface area contributed by atoms with Crippen molar-refractivity contribution in [2.75, 3.05) is 18.1 Å². The number of imidazole rings is 1. The Bertz CT molecular complexity index is 686. The minimum absolute atomic E-state index is 0.180. The third-order valence-corrected chi connectivity index (χ3v) is 3.40. The van der Waals surface area contributed by atoms with Gasteiger partial charge in [0.1, 0.15) is 23.4 Å². The number of ether oxygens (including phenoxy) is 1. The fourth-order valence-electron chi connectivity index (χ4n) is 2.39. The van der Waals surface area contributed by atoms with E-state index in [1.807, 2.05) is 0 Å². The van der Waals surface area contributed by atoms with Gasteiger partial charge in [0.05, 0.1) is 18.8 Å². The van der Waals surface area contributed by atoms with Gasteiger partial charge in [-0.05, 0) is 19.1 Å². The fraction of sp³-hybridized carbons (Fsp3) is 0.286. The zero-order valence-corrected chi connectivity index (χ0v) is 11.4. The van der Waals surface area contributed by atoms with Crippen LogP contribution in [-0.2, 0) is 4.74 Å². The smallest absolute Gasteiger partial charge is 0.414 e. The number of anilines is 1. The topological polar surface area (TPSA) is 67.6 Å². The lowest BCUT2D eigenvalue weighted by Gasteiger charge is -2.19. The van der Waals surface area contributed by atoms with Crippen LogP contribution >= 0.6 is 0 Å². The third-order valence-electron chi connectivity index (χ3n) is 3.40. The molecule has 1 atom stereocenters. The number of aliphatic hydroxyl groups is 1. The van der Waals surface area contributed by atoms with Crippen LogP contribution in [0, 0.1) is 12.7 Å². The summed E-state index contributed by atoms with van der Waals surface area (Å²) in [6, 6.07) is 4.49. The Morgan fingerprint density at radius 3 is 2.95 bits per heavy atom. The van der Waals surface area contributed by atoms with Crippen LogP contribution in [0.5, 0.6) is 0 Å². The standard InChI is InChI=1S/C14H14FN3O3/c1-9-16-5-6-17(9)13-11(15)3-2-4-12(13)18-7-10(8-19)21-14(18)20/h2-6,10,19H,7-8H2,1H3. The van der Waals surface area contributed by atoms with Crippen LogP contribution < -0.4 is 4.90 Å². The number of benzene rings is 1. The molecule has 2 heterocycles. The predicted molar refractivity (Wildman–Crippen MR) is 73.0 cm³/mol. The fourth-order valence-corrected chi connectivity index (χ4v) is 2.39. The summed E-state index contributed by atoms with van der Waals surface area (Å²) in [6.07, 6.45) is 1.99. The average Bonchev–Trinajstić information content (AvgIpc) is 3.04. The van der Waals surface area contributed by atoms with Crippen molar-refractivity contribution >= 4 is 11.8 Å². The molecular weight excluding hydrogens is 277 g/mol. The van der Waals surface area contributed by atoms with Crippen LogP contribution in [0.3, 0.4) is 0 Å². The van der Waals surface area contributed by atoms with E-state index in [9.17, 15) is 9.18 Å². The first kappa shape index (κ1) is 13.6. The van der Waals surface area contributed by atoms with Gasteiger partial charge in [0, 0.05) is 12.4 Å². The quantitative estimate of drug-likeness (QED) is 0.933. The molecule has 1 saturated heterocycles. The number of carbonyl (C=O) groups excluding carboxylic acids is 1.